The van der Waals surface area contributed by atoms with E-state index in [9.17, 15) is 15.0 Å². The number of aryl methyl sites for hydroxylation is 1. The molecule has 0 saturated heterocycles. The Kier molecular flexibility index (Phi) is 5.48. The predicted molar refractivity (Wildman–Crippen MR) is 98.4 cm³/mol. The van der Waals surface area contributed by atoms with Crippen molar-refractivity contribution in [1.29, 1.82) is 0 Å². The second kappa shape index (κ2) is 7.81. The molecule has 142 valence electrons. The summed E-state index contributed by atoms with van der Waals surface area (Å²) in [4.78, 5) is 16.3. The average Bonchev–Trinajstić information content (AvgIpc) is 3.16. The highest BCUT2D eigenvalue weighted by Gasteiger charge is 2.21. The molecule has 0 aliphatic carbocycles. The first kappa shape index (κ1) is 18.9. The number of aromatic nitrogens is 5. The fourth-order valence-electron chi connectivity index (χ4n) is 3.18. The number of hydrogen-bond donors (Lipinski definition) is 2. The van der Waals surface area contributed by atoms with Crippen LogP contribution in [-0.2, 0) is 13.1 Å². The number of carbonyl (C=O) groups is 1. The van der Waals surface area contributed by atoms with Gasteiger partial charge in [-0.1, -0.05) is 30.3 Å². The number of aliphatic hydroxyl groups is 2. The van der Waals surface area contributed by atoms with Gasteiger partial charge in [-0.15, -0.1) is 0 Å². The molecule has 8 heteroatoms. The normalized spacial score (nSPS) is 12.3. The molecule has 0 aliphatic heterocycles. The molecule has 1 atom stereocenters. The van der Waals surface area contributed by atoms with Gasteiger partial charge in [0.2, 0.25) is 0 Å². The molecule has 0 bridgehead atoms. The lowest BCUT2D eigenvalue weighted by Crippen LogP contribution is -2.14. The van der Waals surface area contributed by atoms with Gasteiger partial charge in [0.1, 0.15) is 18.5 Å². The molecule has 2 N–H and O–H groups in total. The molecule has 0 fully saturated rings. The smallest absolute Gasteiger partial charge is 0.184 e. The number of nitrogens with zero attached hydrogens (tertiary/aromatic N) is 5. The highest BCUT2D eigenvalue weighted by Crippen LogP contribution is 2.20. The Balaban J connectivity index is 1.95. The van der Waals surface area contributed by atoms with E-state index in [1.165, 1.54) is 6.92 Å². The van der Waals surface area contributed by atoms with E-state index >= 15 is 0 Å². The molecule has 0 amide bonds. The van der Waals surface area contributed by atoms with E-state index in [0.717, 1.165) is 5.69 Å². The van der Waals surface area contributed by atoms with Crippen LogP contribution in [0.15, 0.2) is 30.3 Å². The third-order valence-corrected chi connectivity index (χ3v) is 4.46. The summed E-state index contributed by atoms with van der Waals surface area (Å²) in [6.45, 7) is 5.58. The van der Waals surface area contributed by atoms with E-state index in [0.29, 0.717) is 22.6 Å². The van der Waals surface area contributed by atoms with E-state index in [1.54, 1.807) is 28.4 Å². The Morgan fingerprint density at radius 3 is 2.44 bits per heavy atom. The first-order chi connectivity index (χ1) is 12.9. The second-order valence-electron chi connectivity index (χ2n) is 6.41. The van der Waals surface area contributed by atoms with Crippen LogP contribution in [0.1, 0.15) is 52.0 Å². The fourth-order valence-corrected chi connectivity index (χ4v) is 3.18. The minimum absolute atomic E-state index is 0.0340. The molecule has 1 unspecified atom stereocenters. The third-order valence-electron chi connectivity index (χ3n) is 4.46. The number of hydrogen-bond acceptors (Lipinski definition) is 6. The van der Waals surface area contributed by atoms with Gasteiger partial charge in [-0.05, 0) is 26.3 Å². The van der Waals surface area contributed by atoms with Crippen LogP contribution in [0.25, 0.3) is 0 Å². The second-order valence-corrected chi connectivity index (χ2v) is 6.41. The number of rotatable bonds is 7. The quantitative estimate of drug-likeness (QED) is 0.610. The minimum Gasteiger partial charge on any atom is -0.394 e. The lowest BCUT2D eigenvalue weighted by atomic mass is 10.1. The Bertz CT molecular complexity index is 946. The van der Waals surface area contributed by atoms with Crippen LogP contribution in [0.3, 0.4) is 0 Å². The largest absolute Gasteiger partial charge is 0.394 e. The topological polar surface area (TPSA) is 106 Å². The summed E-state index contributed by atoms with van der Waals surface area (Å²) >= 11 is 0. The molecule has 8 nitrogen and oxygen atoms in total. The molecule has 27 heavy (non-hydrogen) atoms. The van der Waals surface area contributed by atoms with E-state index < -0.39 is 6.10 Å². The molecule has 3 rings (SSSR count). The van der Waals surface area contributed by atoms with Crippen molar-refractivity contribution in [3.05, 3.63) is 64.5 Å². The molecular formula is C19H23N5O3. The van der Waals surface area contributed by atoms with Gasteiger partial charge in [0.25, 0.3) is 0 Å². The van der Waals surface area contributed by atoms with Gasteiger partial charge in [-0.25, -0.2) is 9.67 Å². The molecule has 1 aromatic carbocycles. The summed E-state index contributed by atoms with van der Waals surface area (Å²) < 4.78 is 3.26. The lowest BCUT2D eigenvalue weighted by Gasteiger charge is -2.06. The first-order valence-electron chi connectivity index (χ1n) is 8.74. The highest BCUT2D eigenvalue weighted by atomic mass is 16.3. The first-order valence-corrected chi connectivity index (χ1v) is 8.74. The van der Waals surface area contributed by atoms with Gasteiger partial charge in [0.05, 0.1) is 24.4 Å². The number of aliphatic hydroxyl groups excluding tert-OH is 2. The van der Waals surface area contributed by atoms with Gasteiger partial charge in [-0.3, -0.25) is 9.48 Å². The fraction of sp³-hybridized carbons (Fsp3) is 0.368. The summed E-state index contributed by atoms with van der Waals surface area (Å²) in [5.74, 6) is 0.779. The molecule has 0 radical (unpaired) electrons. The van der Waals surface area contributed by atoms with Crippen LogP contribution in [0, 0.1) is 13.8 Å². The van der Waals surface area contributed by atoms with Crippen LogP contribution in [-0.4, -0.2) is 47.1 Å². The summed E-state index contributed by atoms with van der Waals surface area (Å²) in [5, 5.41) is 28.7. The van der Waals surface area contributed by atoms with Crippen molar-refractivity contribution in [2.75, 3.05) is 6.61 Å². The molecule has 2 aromatic heterocycles. The van der Waals surface area contributed by atoms with Gasteiger partial charge in [0.15, 0.2) is 11.6 Å². The summed E-state index contributed by atoms with van der Waals surface area (Å²) in [6, 6.07) is 9.15. The average molecular weight is 369 g/mol. The maximum atomic E-state index is 11.8. The SMILES string of the molecule is CC(=O)c1c(C)nn(Cc2nc(C(O)c3ccccc3)nn2CCO)c1C. The van der Waals surface area contributed by atoms with Crippen molar-refractivity contribution >= 4 is 5.78 Å². The Hall–Kier alpha value is -2.84. The van der Waals surface area contributed by atoms with E-state index in [-0.39, 0.29) is 31.3 Å². The van der Waals surface area contributed by atoms with Crippen molar-refractivity contribution in [1.82, 2.24) is 24.5 Å². The number of carbonyl (C=O) groups excluding carboxylic acids is 1. The van der Waals surface area contributed by atoms with Crippen LogP contribution in [0.2, 0.25) is 0 Å². The summed E-state index contributed by atoms with van der Waals surface area (Å²) in [5.41, 5.74) is 2.71. The van der Waals surface area contributed by atoms with Crippen molar-refractivity contribution in [3.8, 4) is 0 Å². The lowest BCUT2D eigenvalue weighted by molar-refractivity contribution is 0.101. The van der Waals surface area contributed by atoms with Gasteiger partial charge < -0.3 is 10.2 Å². The van der Waals surface area contributed by atoms with Crippen LogP contribution >= 0.6 is 0 Å². The predicted octanol–water partition coefficient (Wildman–Crippen LogP) is 1.42. The Morgan fingerprint density at radius 1 is 1.15 bits per heavy atom. The molecule has 3 aromatic rings. The van der Waals surface area contributed by atoms with E-state index in [4.69, 9.17) is 0 Å². The van der Waals surface area contributed by atoms with Crippen LogP contribution in [0.5, 0.6) is 0 Å². The summed E-state index contributed by atoms with van der Waals surface area (Å²) in [7, 11) is 0. The highest BCUT2D eigenvalue weighted by molar-refractivity contribution is 5.96. The van der Waals surface area contributed by atoms with Gasteiger partial charge >= 0.3 is 0 Å². The van der Waals surface area contributed by atoms with Crippen molar-refractivity contribution in [2.24, 2.45) is 0 Å². The maximum absolute atomic E-state index is 11.8. The number of benzene rings is 1. The zero-order chi connectivity index (χ0) is 19.6. The van der Waals surface area contributed by atoms with Crippen molar-refractivity contribution in [3.63, 3.8) is 0 Å². The van der Waals surface area contributed by atoms with E-state index in [1.807, 2.05) is 25.1 Å². The molecule has 0 aliphatic rings. The van der Waals surface area contributed by atoms with Gasteiger partial charge in [0, 0.05) is 5.69 Å². The molecule has 0 spiro atoms. The Labute approximate surface area is 157 Å². The van der Waals surface area contributed by atoms with Gasteiger partial charge in [-0.2, -0.15) is 10.2 Å². The van der Waals surface area contributed by atoms with Crippen molar-refractivity contribution in [2.45, 2.75) is 40.0 Å². The van der Waals surface area contributed by atoms with E-state index in [2.05, 4.69) is 15.2 Å². The maximum Gasteiger partial charge on any atom is 0.184 e. The van der Waals surface area contributed by atoms with Crippen LogP contribution < -0.4 is 0 Å². The monoisotopic (exact) mass is 369 g/mol. The zero-order valence-electron chi connectivity index (χ0n) is 15.6. The molecular weight excluding hydrogens is 346 g/mol. The van der Waals surface area contributed by atoms with Crippen molar-refractivity contribution < 1.29 is 15.0 Å². The molecule has 2 heterocycles. The Morgan fingerprint density at radius 2 is 1.85 bits per heavy atom. The summed E-state index contributed by atoms with van der Waals surface area (Å²) in [6.07, 6.45) is -0.960. The van der Waals surface area contributed by atoms with Crippen LogP contribution in [0.4, 0.5) is 0 Å². The standard InChI is InChI=1S/C19H23N5O3/c1-12-17(14(3)26)13(2)24(21-12)11-16-20-19(22-23(16)9-10-25)18(27)15-7-5-4-6-8-15/h4-8,18,25,27H,9-11H2,1-3H3. The zero-order valence-corrected chi connectivity index (χ0v) is 15.6. The third kappa shape index (κ3) is 3.81. The number of ketones is 1. The molecule has 0 saturated carbocycles. The minimum atomic E-state index is -0.960. The number of Topliss-reactive ketones (excluding diaryl/α,β-unsaturated/α-hetero) is 1.